The summed E-state index contributed by atoms with van der Waals surface area (Å²) < 4.78 is 5.14. The first-order chi connectivity index (χ1) is 8.67. The first-order valence-electron chi connectivity index (χ1n) is 6.32. The Balaban J connectivity index is 1.93. The molecule has 0 saturated carbocycles. The standard InChI is InChI=1S/C14H17NO3/c1-18-14-6-9-4-11-7-12(16)2-3-15(11)8-10(9)5-13(14)17/h5-6,11,17H,2-4,7-8H2,1H3. The van der Waals surface area contributed by atoms with Crippen LogP contribution in [0, 0.1) is 0 Å². The highest BCUT2D eigenvalue weighted by Gasteiger charge is 2.32. The molecule has 2 heterocycles. The number of rotatable bonds is 1. The Hall–Kier alpha value is -1.55. The summed E-state index contributed by atoms with van der Waals surface area (Å²) in [6, 6.07) is 4.02. The summed E-state index contributed by atoms with van der Waals surface area (Å²) in [4.78, 5) is 13.9. The van der Waals surface area contributed by atoms with Crippen molar-refractivity contribution in [3.63, 3.8) is 0 Å². The van der Waals surface area contributed by atoms with Crippen molar-refractivity contribution < 1.29 is 14.6 Å². The molecule has 2 aliphatic rings. The first-order valence-corrected chi connectivity index (χ1v) is 6.32. The lowest BCUT2D eigenvalue weighted by Gasteiger charge is -2.39. The molecule has 3 rings (SSSR count). The van der Waals surface area contributed by atoms with Crippen molar-refractivity contribution in [3.8, 4) is 11.5 Å². The molecule has 4 nitrogen and oxygen atoms in total. The minimum atomic E-state index is 0.197. The maximum absolute atomic E-state index is 11.5. The number of hydrogen-bond acceptors (Lipinski definition) is 4. The van der Waals surface area contributed by atoms with Crippen molar-refractivity contribution in [2.75, 3.05) is 13.7 Å². The lowest BCUT2D eigenvalue weighted by atomic mass is 9.88. The van der Waals surface area contributed by atoms with Gasteiger partial charge < -0.3 is 9.84 Å². The number of hydrogen-bond donors (Lipinski definition) is 1. The fraction of sp³-hybridized carbons (Fsp3) is 0.500. The highest BCUT2D eigenvalue weighted by Crippen LogP contribution is 2.35. The number of piperidine rings is 1. The van der Waals surface area contributed by atoms with E-state index < -0.39 is 0 Å². The van der Waals surface area contributed by atoms with E-state index in [9.17, 15) is 9.90 Å². The van der Waals surface area contributed by atoms with E-state index >= 15 is 0 Å². The van der Waals surface area contributed by atoms with Gasteiger partial charge >= 0.3 is 0 Å². The van der Waals surface area contributed by atoms with E-state index in [-0.39, 0.29) is 5.75 Å². The number of nitrogens with zero attached hydrogens (tertiary/aromatic N) is 1. The average molecular weight is 247 g/mol. The van der Waals surface area contributed by atoms with Crippen molar-refractivity contribution >= 4 is 5.78 Å². The Labute approximate surface area is 106 Å². The fourth-order valence-electron chi connectivity index (χ4n) is 2.98. The lowest BCUT2D eigenvalue weighted by molar-refractivity contribution is -0.123. The van der Waals surface area contributed by atoms with Gasteiger partial charge in [-0.1, -0.05) is 0 Å². The van der Waals surface area contributed by atoms with Crippen molar-refractivity contribution in [2.45, 2.75) is 31.8 Å². The molecule has 0 aliphatic carbocycles. The minimum absolute atomic E-state index is 0.197. The molecule has 4 heteroatoms. The summed E-state index contributed by atoms with van der Waals surface area (Å²) >= 11 is 0. The minimum Gasteiger partial charge on any atom is -0.504 e. The largest absolute Gasteiger partial charge is 0.504 e. The molecule has 2 aliphatic heterocycles. The molecule has 0 aromatic heterocycles. The number of phenolic OH excluding ortho intramolecular Hbond substituents is 1. The number of aromatic hydroxyl groups is 1. The zero-order chi connectivity index (χ0) is 12.7. The molecule has 0 bridgehead atoms. The molecule has 0 radical (unpaired) electrons. The van der Waals surface area contributed by atoms with Crippen LogP contribution in [-0.4, -0.2) is 35.5 Å². The predicted molar refractivity (Wildman–Crippen MR) is 66.8 cm³/mol. The van der Waals surface area contributed by atoms with Crippen molar-refractivity contribution in [2.24, 2.45) is 0 Å². The van der Waals surface area contributed by atoms with Crippen LogP contribution in [0.15, 0.2) is 12.1 Å². The van der Waals surface area contributed by atoms with Crippen LogP contribution >= 0.6 is 0 Å². The fourth-order valence-corrected chi connectivity index (χ4v) is 2.98. The van der Waals surface area contributed by atoms with Crippen LogP contribution in [0.2, 0.25) is 0 Å². The average Bonchev–Trinajstić information content (AvgIpc) is 2.36. The number of benzene rings is 1. The smallest absolute Gasteiger partial charge is 0.160 e. The van der Waals surface area contributed by atoms with Gasteiger partial charge in [-0.3, -0.25) is 9.69 Å². The molecular weight excluding hydrogens is 230 g/mol. The number of methoxy groups -OCH3 is 1. The van der Waals surface area contributed by atoms with E-state index in [1.54, 1.807) is 13.2 Å². The third-order valence-corrected chi connectivity index (χ3v) is 3.99. The lowest BCUT2D eigenvalue weighted by Crippen LogP contribution is -2.46. The summed E-state index contributed by atoms with van der Waals surface area (Å²) in [5.74, 6) is 1.08. The first kappa shape index (κ1) is 11.5. The van der Waals surface area contributed by atoms with Crippen LogP contribution in [-0.2, 0) is 17.8 Å². The zero-order valence-corrected chi connectivity index (χ0v) is 10.5. The van der Waals surface area contributed by atoms with Crippen molar-refractivity contribution in [1.82, 2.24) is 4.90 Å². The molecule has 1 aromatic carbocycles. The number of carbonyl (C=O) groups is 1. The summed E-state index contributed by atoms with van der Waals surface area (Å²) in [5.41, 5.74) is 2.35. The van der Waals surface area contributed by atoms with Gasteiger partial charge in [-0.2, -0.15) is 0 Å². The van der Waals surface area contributed by atoms with Crippen molar-refractivity contribution in [1.29, 1.82) is 0 Å². The second-order valence-corrected chi connectivity index (χ2v) is 5.11. The van der Waals surface area contributed by atoms with Crippen LogP contribution in [0.1, 0.15) is 24.0 Å². The zero-order valence-electron chi connectivity index (χ0n) is 10.5. The maximum atomic E-state index is 11.5. The Morgan fingerprint density at radius 2 is 2.17 bits per heavy atom. The van der Waals surface area contributed by atoms with E-state index in [1.165, 1.54) is 5.56 Å². The molecule has 1 N–H and O–H groups in total. The molecular formula is C14H17NO3. The van der Waals surface area contributed by atoms with Gasteiger partial charge in [-0.05, 0) is 29.7 Å². The molecule has 0 spiro atoms. The topological polar surface area (TPSA) is 49.8 Å². The van der Waals surface area contributed by atoms with Crippen LogP contribution in [0.3, 0.4) is 0 Å². The number of ether oxygens (including phenoxy) is 1. The highest BCUT2D eigenvalue weighted by atomic mass is 16.5. The Morgan fingerprint density at radius 3 is 2.94 bits per heavy atom. The third kappa shape index (κ3) is 1.86. The van der Waals surface area contributed by atoms with Gasteiger partial charge in [0.2, 0.25) is 0 Å². The van der Waals surface area contributed by atoms with Crippen LogP contribution < -0.4 is 4.74 Å². The number of ketones is 1. The molecule has 18 heavy (non-hydrogen) atoms. The van der Waals surface area contributed by atoms with Gasteiger partial charge in [0.15, 0.2) is 11.5 Å². The van der Waals surface area contributed by atoms with Crippen LogP contribution in [0.5, 0.6) is 11.5 Å². The summed E-state index contributed by atoms with van der Waals surface area (Å²) in [6.07, 6.45) is 2.19. The highest BCUT2D eigenvalue weighted by molar-refractivity contribution is 5.80. The Kier molecular flexibility index (Phi) is 2.74. The predicted octanol–water partition coefficient (Wildman–Crippen LogP) is 1.49. The van der Waals surface area contributed by atoms with Gasteiger partial charge in [0.25, 0.3) is 0 Å². The SMILES string of the molecule is COc1cc2c(cc1O)CN1CCC(=O)CC1C2. The number of carbonyl (C=O) groups excluding carboxylic acids is 1. The third-order valence-electron chi connectivity index (χ3n) is 3.99. The second-order valence-electron chi connectivity index (χ2n) is 5.11. The molecule has 1 atom stereocenters. The molecule has 1 saturated heterocycles. The summed E-state index contributed by atoms with van der Waals surface area (Å²) in [5, 5.41) is 9.81. The van der Waals surface area contributed by atoms with E-state index in [0.29, 0.717) is 30.4 Å². The van der Waals surface area contributed by atoms with Gasteiger partial charge in [0.1, 0.15) is 5.78 Å². The van der Waals surface area contributed by atoms with E-state index in [0.717, 1.165) is 25.1 Å². The van der Waals surface area contributed by atoms with Crippen molar-refractivity contribution in [3.05, 3.63) is 23.3 Å². The molecule has 1 fully saturated rings. The number of phenols is 1. The Bertz CT molecular complexity index is 498. The van der Waals surface area contributed by atoms with E-state index in [2.05, 4.69) is 4.90 Å². The second kappa shape index (κ2) is 4.28. The Morgan fingerprint density at radius 1 is 1.33 bits per heavy atom. The number of Topliss-reactive ketones (excluding diaryl/α,β-unsaturated/α-hetero) is 1. The quantitative estimate of drug-likeness (QED) is 0.817. The number of fused-ring (bicyclic) bond motifs is 2. The molecule has 1 aromatic rings. The van der Waals surface area contributed by atoms with Gasteiger partial charge in [-0.15, -0.1) is 0 Å². The van der Waals surface area contributed by atoms with E-state index in [1.807, 2.05) is 6.07 Å². The molecule has 0 amide bonds. The van der Waals surface area contributed by atoms with Gasteiger partial charge in [-0.25, -0.2) is 0 Å². The molecule has 1 unspecified atom stereocenters. The molecule has 96 valence electrons. The maximum Gasteiger partial charge on any atom is 0.160 e. The van der Waals surface area contributed by atoms with E-state index in [4.69, 9.17) is 4.74 Å². The summed E-state index contributed by atoms with van der Waals surface area (Å²) in [6.45, 7) is 1.67. The normalized spacial score (nSPS) is 23.4. The van der Waals surface area contributed by atoms with Crippen LogP contribution in [0.25, 0.3) is 0 Å². The van der Waals surface area contributed by atoms with Gasteiger partial charge in [0.05, 0.1) is 7.11 Å². The van der Waals surface area contributed by atoms with Gasteiger partial charge in [0, 0.05) is 32.0 Å². The van der Waals surface area contributed by atoms with Crippen LogP contribution in [0.4, 0.5) is 0 Å². The summed E-state index contributed by atoms with van der Waals surface area (Å²) in [7, 11) is 1.56. The monoisotopic (exact) mass is 247 g/mol.